The molecule has 0 rings (SSSR count). The van der Waals surface area contributed by atoms with Crippen molar-refractivity contribution in [3.63, 3.8) is 0 Å². The molecule has 0 aromatic carbocycles. The van der Waals surface area contributed by atoms with Gasteiger partial charge in [-0.1, -0.05) is 54.9 Å². The van der Waals surface area contributed by atoms with Gasteiger partial charge in [-0.25, -0.2) is 0 Å². The SMILES string of the molecule is CCCC(CNC(C)C)N(CC(C)C)C(CC)CC. The topological polar surface area (TPSA) is 15.3 Å². The Morgan fingerprint density at radius 3 is 1.84 bits per heavy atom. The first-order chi connectivity index (χ1) is 8.96. The van der Waals surface area contributed by atoms with E-state index < -0.39 is 0 Å². The van der Waals surface area contributed by atoms with Gasteiger partial charge in [0.2, 0.25) is 0 Å². The number of rotatable bonds is 11. The summed E-state index contributed by atoms with van der Waals surface area (Å²) in [7, 11) is 0. The van der Waals surface area contributed by atoms with E-state index in [1.807, 2.05) is 0 Å². The molecule has 0 aliphatic heterocycles. The Morgan fingerprint density at radius 1 is 0.895 bits per heavy atom. The van der Waals surface area contributed by atoms with Crippen LogP contribution in [0.25, 0.3) is 0 Å². The Morgan fingerprint density at radius 2 is 1.47 bits per heavy atom. The average molecular weight is 271 g/mol. The Kier molecular flexibility index (Phi) is 10.6. The molecule has 0 bridgehead atoms. The molecule has 2 heteroatoms. The maximum Gasteiger partial charge on any atom is 0.0223 e. The van der Waals surface area contributed by atoms with Crippen LogP contribution in [0.5, 0.6) is 0 Å². The van der Waals surface area contributed by atoms with Crippen LogP contribution in [0.15, 0.2) is 0 Å². The lowest BCUT2D eigenvalue weighted by molar-refractivity contribution is 0.0998. The summed E-state index contributed by atoms with van der Waals surface area (Å²) in [6, 6.07) is 2.02. The van der Waals surface area contributed by atoms with Gasteiger partial charge in [-0.3, -0.25) is 4.90 Å². The first-order valence-corrected chi connectivity index (χ1v) is 8.45. The Hall–Kier alpha value is -0.0800. The highest BCUT2D eigenvalue weighted by Crippen LogP contribution is 2.18. The molecule has 0 spiro atoms. The second-order valence-electron chi connectivity index (χ2n) is 6.57. The number of nitrogens with zero attached hydrogens (tertiary/aromatic N) is 1. The maximum atomic E-state index is 3.65. The van der Waals surface area contributed by atoms with E-state index in [0.717, 1.165) is 18.5 Å². The lowest BCUT2D eigenvalue weighted by Crippen LogP contribution is -2.50. The third-order valence-electron chi connectivity index (χ3n) is 3.84. The predicted molar refractivity (Wildman–Crippen MR) is 87.7 cm³/mol. The Labute approximate surface area is 122 Å². The molecule has 0 radical (unpaired) electrons. The second kappa shape index (κ2) is 10.7. The van der Waals surface area contributed by atoms with Gasteiger partial charge in [0.05, 0.1) is 0 Å². The van der Waals surface area contributed by atoms with Crippen molar-refractivity contribution in [2.75, 3.05) is 13.1 Å². The minimum absolute atomic E-state index is 0.585. The molecular weight excluding hydrogens is 232 g/mol. The zero-order chi connectivity index (χ0) is 14.8. The van der Waals surface area contributed by atoms with Crippen molar-refractivity contribution in [3.05, 3.63) is 0 Å². The van der Waals surface area contributed by atoms with Gasteiger partial charge < -0.3 is 5.32 Å². The highest BCUT2D eigenvalue weighted by molar-refractivity contribution is 4.81. The minimum atomic E-state index is 0.585. The largest absolute Gasteiger partial charge is 0.313 e. The number of nitrogens with one attached hydrogen (secondary N) is 1. The fourth-order valence-corrected chi connectivity index (χ4v) is 2.87. The van der Waals surface area contributed by atoms with E-state index >= 15 is 0 Å². The summed E-state index contributed by atoms with van der Waals surface area (Å²) in [5.41, 5.74) is 0. The van der Waals surface area contributed by atoms with Crippen molar-refractivity contribution in [1.82, 2.24) is 10.2 Å². The van der Waals surface area contributed by atoms with E-state index in [1.165, 1.54) is 32.2 Å². The zero-order valence-corrected chi connectivity index (χ0v) is 14.5. The summed E-state index contributed by atoms with van der Waals surface area (Å²) in [6.45, 7) is 18.5. The fraction of sp³-hybridized carbons (Fsp3) is 1.00. The molecule has 2 nitrogen and oxygen atoms in total. The lowest BCUT2D eigenvalue weighted by atomic mass is 10.0. The number of hydrogen-bond donors (Lipinski definition) is 1. The quantitative estimate of drug-likeness (QED) is 0.602. The van der Waals surface area contributed by atoms with Gasteiger partial charge in [-0.15, -0.1) is 0 Å². The van der Waals surface area contributed by atoms with Crippen LogP contribution < -0.4 is 5.32 Å². The van der Waals surface area contributed by atoms with Crippen LogP contribution in [0, 0.1) is 5.92 Å². The minimum Gasteiger partial charge on any atom is -0.313 e. The summed E-state index contributed by atoms with van der Waals surface area (Å²) in [4.78, 5) is 2.78. The second-order valence-corrected chi connectivity index (χ2v) is 6.57. The van der Waals surface area contributed by atoms with Crippen molar-refractivity contribution in [2.24, 2.45) is 5.92 Å². The van der Waals surface area contributed by atoms with Gasteiger partial charge in [0.1, 0.15) is 0 Å². The monoisotopic (exact) mass is 270 g/mol. The molecule has 1 atom stereocenters. The summed E-state index contributed by atoms with van der Waals surface area (Å²) in [6.07, 6.45) is 5.12. The summed E-state index contributed by atoms with van der Waals surface area (Å²) in [5, 5.41) is 3.65. The highest BCUT2D eigenvalue weighted by Gasteiger charge is 2.24. The van der Waals surface area contributed by atoms with Crippen LogP contribution in [0.3, 0.4) is 0 Å². The molecule has 19 heavy (non-hydrogen) atoms. The van der Waals surface area contributed by atoms with Gasteiger partial charge in [0, 0.05) is 31.2 Å². The average Bonchev–Trinajstić information content (AvgIpc) is 2.34. The molecule has 0 aromatic heterocycles. The van der Waals surface area contributed by atoms with Crippen LogP contribution in [0.2, 0.25) is 0 Å². The van der Waals surface area contributed by atoms with E-state index in [-0.39, 0.29) is 0 Å². The summed E-state index contributed by atoms with van der Waals surface area (Å²) >= 11 is 0. The Balaban J connectivity index is 4.78. The van der Waals surface area contributed by atoms with Crippen LogP contribution in [0.1, 0.15) is 74.1 Å². The van der Waals surface area contributed by atoms with E-state index in [2.05, 4.69) is 58.7 Å². The molecule has 0 saturated heterocycles. The van der Waals surface area contributed by atoms with Crippen molar-refractivity contribution < 1.29 is 0 Å². The third kappa shape index (κ3) is 7.94. The molecule has 1 N–H and O–H groups in total. The van der Waals surface area contributed by atoms with Gasteiger partial charge >= 0.3 is 0 Å². The van der Waals surface area contributed by atoms with Crippen LogP contribution in [0.4, 0.5) is 0 Å². The third-order valence-corrected chi connectivity index (χ3v) is 3.84. The molecule has 1 unspecified atom stereocenters. The van der Waals surface area contributed by atoms with Gasteiger partial charge in [-0.2, -0.15) is 0 Å². The molecule has 0 amide bonds. The molecule has 0 aromatic rings. The normalized spacial score (nSPS) is 14.1. The van der Waals surface area contributed by atoms with Crippen molar-refractivity contribution in [1.29, 1.82) is 0 Å². The molecule has 0 saturated carbocycles. The Bertz CT molecular complexity index is 197. The fourth-order valence-electron chi connectivity index (χ4n) is 2.87. The molecule has 0 heterocycles. The summed E-state index contributed by atoms with van der Waals surface area (Å²) < 4.78 is 0. The van der Waals surface area contributed by atoms with Crippen molar-refractivity contribution in [3.8, 4) is 0 Å². The van der Waals surface area contributed by atoms with Crippen molar-refractivity contribution in [2.45, 2.75) is 92.3 Å². The van der Waals surface area contributed by atoms with Crippen LogP contribution in [-0.2, 0) is 0 Å². The maximum absolute atomic E-state index is 3.65. The zero-order valence-electron chi connectivity index (χ0n) is 14.5. The van der Waals surface area contributed by atoms with E-state index in [0.29, 0.717) is 12.1 Å². The molecule has 0 aliphatic rings. The molecular formula is C17H38N2. The van der Waals surface area contributed by atoms with Crippen LogP contribution in [-0.4, -0.2) is 36.1 Å². The van der Waals surface area contributed by atoms with Gasteiger partial charge in [-0.05, 0) is 25.2 Å². The molecule has 0 aliphatic carbocycles. The van der Waals surface area contributed by atoms with Gasteiger partial charge in [0.25, 0.3) is 0 Å². The highest BCUT2D eigenvalue weighted by atomic mass is 15.2. The molecule has 116 valence electrons. The first-order valence-electron chi connectivity index (χ1n) is 8.45. The van der Waals surface area contributed by atoms with E-state index in [1.54, 1.807) is 0 Å². The molecule has 0 fully saturated rings. The first kappa shape index (κ1) is 18.9. The van der Waals surface area contributed by atoms with Gasteiger partial charge in [0.15, 0.2) is 0 Å². The van der Waals surface area contributed by atoms with Crippen LogP contribution >= 0.6 is 0 Å². The smallest absolute Gasteiger partial charge is 0.0223 e. The lowest BCUT2D eigenvalue weighted by Gasteiger charge is -2.39. The van der Waals surface area contributed by atoms with E-state index in [4.69, 9.17) is 0 Å². The predicted octanol–water partition coefficient (Wildman–Crippen LogP) is 4.30. The standard InChI is InChI=1S/C17H38N2/c1-8-11-17(12-18-15(6)7)19(13-14(4)5)16(9-2)10-3/h14-18H,8-13H2,1-7H3. The van der Waals surface area contributed by atoms with Crippen molar-refractivity contribution >= 4 is 0 Å². The number of hydrogen-bond acceptors (Lipinski definition) is 2. The van der Waals surface area contributed by atoms with E-state index in [9.17, 15) is 0 Å². The summed E-state index contributed by atoms with van der Waals surface area (Å²) in [5.74, 6) is 0.749.